The van der Waals surface area contributed by atoms with Crippen molar-refractivity contribution in [1.29, 1.82) is 0 Å². The van der Waals surface area contributed by atoms with Crippen molar-refractivity contribution in [1.82, 2.24) is 0 Å². The fourth-order valence-electron chi connectivity index (χ4n) is 1.71. The molecule has 0 unspecified atom stereocenters. The molecule has 0 atom stereocenters. The van der Waals surface area contributed by atoms with Gasteiger partial charge in [0, 0.05) is 20.4 Å². The quantitative estimate of drug-likeness (QED) is 0.617. The van der Waals surface area contributed by atoms with E-state index in [1.165, 1.54) is 0 Å². The standard InChI is InChI=1S/C15H13IN2OS/c1-9-2-3-11(14(17)20)8-13(9)18-15(19)10-4-6-12(16)7-5-10/h2-8H,1H3,(H2,17,20)(H,18,19). The first-order chi connectivity index (χ1) is 9.47. The predicted octanol–water partition coefficient (Wildman–Crippen LogP) is 3.49. The van der Waals surface area contributed by atoms with E-state index in [0.717, 1.165) is 20.4 Å². The Hall–Kier alpha value is -1.47. The monoisotopic (exact) mass is 396 g/mol. The van der Waals surface area contributed by atoms with Gasteiger partial charge >= 0.3 is 0 Å². The molecular weight excluding hydrogens is 383 g/mol. The molecule has 1 amide bonds. The van der Waals surface area contributed by atoms with Crippen LogP contribution in [-0.2, 0) is 0 Å². The highest BCUT2D eigenvalue weighted by molar-refractivity contribution is 14.1. The van der Waals surface area contributed by atoms with Gasteiger partial charge in [-0.15, -0.1) is 0 Å². The van der Waals surface area contributed by atoms with Crippen LogP contribution in [0.15, 0.2) is 42.5 Å². The zero-order chi connectivity index (χ0) is 14.7. The summed E-state index contributed by atoms with van der Waals surface area (Å²) >= 11 is 7.15. The van der Waals surface area contributed by atoms with Gasteiger partial charge in [-0.25, -0.2) is 0 Å². The Labute approximate surface area is 136 Å². The van der Waals surface area contributed by atoms with Gasteiger partial charge in [-0.2, -0.15) is 0 Å². The molecule has 0 fully saturated rings. The maximum absolute atomic E-state index is 12.2. The second-order valence-corrected chi connectivity index (χ2v) is 6.04. The molecule has 2 rings (SSSR count). The first-order valence-corrected chi connectivity index (χ1v) is 7.43. The highest BCUT2D eigenvalue weighted by atomic mass is 127. The molecule has 0 aliphatic rings. The molecule has 0 aromatic heterocycles. The highest BCUT2D eigenvalue weighted by Crippen LogP contribution is 2.18. The van der Waals surface area contributed by atoms with Crippen LogP contribution in [0.1, 0.15) is 21.5 Å². The molecule has 0 saturated heterocycles. The Morgan fingerprint density at radius 2 is 1.75 bits per heavy atom. The number of hydrogen-bond acceptors (Lipinski definition) is 2. The molecule has 0 spiro atoms. The van der Waals surface area contributed by atoms with Crippen LogP contribution in [-0.4, -0.2) is 10.9 Å². The summed E-state index contributed by atoms with van der Waals surface area (Å²) in [5.74, 6) is -0.149. The minimum Gasteiger partial charge on any atom is -0.389 e. The van der Waals surface area contributed by atoms with Gasteiger partial charge in [-0.1, -0.05) is 24.4 Å². The predicted molar refractivity (Wildman–Crippen MR) is 94.2 cm³/mol. The molecule has 0 aliphatic heterocycles. The van der Waals surface area contributed by atoms with Crippen molar-refractivity contribution >= 4 is 51.4 Å². The number of aryl methyl sites for hydroxylation is 1. The molecule has 3 N–H and O–H groups in total. The van der Waals surface area contributed by atoms with Crippen molar-refractivity contribution in [2.24, 2.45) is 5.73 Å². The van der Waals surface area contributed by atoms with E-state index in [1.807, 2.05) is 31.2 Å². The van der Waals surface area contributed by atoms with Crippen LogP contribution in [0.2, 0.25) is 0 Å². The van der Waals surface area contributed by atoms with Gasteiger partial charge in [-0.05, 0) is 65.4 Å². The molecule has 2 aromatic carbocycles. The van der Waals surface area contributed by atoms with Crippen molar-refractivity contribution in [3.63, 3.8) is 0 Å². The number of rotatable bonds is 3. The number of thiocarbonyl (C=S) groups is 1. The molecule has 20 heavy (non-hydrogen) atoms. The summed E-state index contributed by atoms with van der Waals surface area (Å²) in [5.41, 5.74) is 8.65. The fraction of sp³-hybridized carbons (Fsp3) is 0.0667. The molecule has 3 nitrogen and oxygen atoms in total. The van der Waals surface area contributed by atoms with Crippen LogP contribution < -0.4 is 11.1 Å². The van der Waals surface area contributed by atoms with Gasteiger partial charge in [0.1, 0.15) is 4.99 Å². The maximum atomic E-state index is 12.2. The second-order valence-electron chi connectivity index (χ2n) is 4.35. The summed E-state index contributed by atoms with van der Waals surface area (Å²) < 4.78 is 1.09. The van der Waals surface area contributed by atoms with Crippen LogP contribution in [0.5, 0.6) is 0 Å². The summed E-state index contributed by atoms with van der Waals surface area (Å²) in [6.45, 7) is 1.92. The zero-order valence-corrected chi connectivity index (χ0v) is 13.8. The molecule has 0 radical (unpaired) electrons. The minimum atomic E-state index is -0.149. The summed E-state index contributed by atoms with van der Waals surface area (Å²) in [5, 5.41) is 2.88. The Balaban J connectivity index is 2.25. The van der Waals surface area contributed by atoms with Gasteiger partial charge in [0.05, 0.1) is 0 Å². The molecule has 2 aromatic rings. The van der Waals surface area contributed by atoms with Gasteiger partial charge < -0.3 is 11.1 Å². The SMILES string of the molecule is Cc1ccc(C(N)=S)cc1NC(=O)c1ccc(I)cc1. The summed E-state index contributed by atoms with van der Waals surface area (Å²) in [6, 6.07) is 12.9. The molecular formula is C15H13IN2OS. The fourth-order valence-corrected chi connectivity index (χ4v) is 2.19. The Morgan fingerprint density at radius 3 is 2.35 bits per heavy atom. The number of halogens is 1. The van der Waals surface area contributed by atoms with E-state index in [-0.39, 0.29) is 5.91 Å². The lowest BCUT2D eigenvalue weighted by molar-refractivity contribution is 0.102. The van der Waals surface area contributed by atoms with Crippen LogP contribution >= 0.6 is 34.8 Å². The Bertz CT molecular complexity index is 668. The molecule has 102 valence electrons. The van der Waals surface area contributed by atoms with Crippen LogP contribution in [0.3, 0.4) is 0 Å². The average Bonchev–Trinajstić information content (AvgIpc) is 2.41. The van der Waals surface area contributed by atoms with Gasteiger partial charge in [0.2, 0.25) is 0 Å². The number of carbonyl (C=O) groups is 1. The van der Waals surface area contributed by atoms with Gasteiger partial charge in [0.25, 0.3) is 5.91 Å². The Morgan fingerprint density at radius 1 is 1.15 bits per heavy atom. The van der Waals surface area contributed by atoms with Crippen molar-refractivity contribution in [3.05, 3.63) is 62.7 Å². The number of carbonyl (C=O) groups excluding carboxylic acids is 1. The van der Waals surface area contributed by atoms with E-state index in [1.54, 1.807) is 18.2 Å². The van der Waals surface area contributed by atoms with E-state index >= 15 is 0 Å². The highest BCUT2D eigenvalue weighted by Gasteiger charge is 2.09. The second kappa shape index (κ2) is 6.32. The van der Waals surface area contributed by atoms with Crippen molar-refractivity contribution in [3.8, 4) is 0 Å². The maximum Gasteiger partial charge on any atom is 0.255 e. The third kappa shape index (κ3) is 3.55. The molecule has 0 bridgehead atoms. The summed E-state index contributed by atoms with van der Waals surface area (Å²) in [4.78, 5) is 12.5. The van der Waals surface area contributed by atoms with E-state index in [0.29, 0.717) is 10.6 Å². The van der Waals surface area contributed by atoms with Crippen LogP contribution in [0, 0.1) is 10.5 Å². The van der Waals surface area contributed by atoms with Crippen molar-refractivity contribution in [2.45, 2.75) is 6.92 Å². The molecule has 0 aliphatic carbocycles. The molecule has 5 heteroatoms. The van der Waals surface area contributed by atoms with Crippen LogP contribution in [0.4, 0.5) is 5.69 Å². The van der Waals surface area contributed by atoms with Crippen LogP contribution in [0.25, 0.3) is 0 Å². The smallest absolute Gasteiger partial charge is 0.255 e. The number of hydrogen-bond donors (Lipinski definition) is 2. The van der Waals surface area contributed by atoms with Gasteiger partial charge in [-0.3, -0.25) is 4.79 Å². The lowest BCUT2D eigenvalue weighted by Crippen LogP contribution is -2.14. The molecule has 0 heterocycles. The zero-order valence-electron chi connectivity index (χ0n) is 10.8. The minimum absolute atomic E-state index is 0.149. The van der Waals surface area contributed by atoms with E-state index in [9.17, 15) is 4.79 Å². The van der Waals surface area contributed by atoms with Gasteiger partial charge in [0.15, 0.2) is 0 Å². The number of benzene rings is 2. The number of amides is 1. The first kappa shape index (κ1) is 14.9. The normalized spacial score (nSPS) is 10.1. The lowest BCUT2D eigenvalue weighted by Gasteiger charge is -2.10. The van der Waals surface area contributed by atoms with E-state index in [4.69, 9.17) is 18.0 Å². The summed E-state index contributed by atoms with van der Waals surface area (Å²) in [6.07, 6.45) is 0. The number of nitrogens with two attached hydrogens (primary N) is 1. The number of anilines is 1. The topological polar surface area (TPSA) is 55.1 Å². The first-order valence-electron chi connectivity index (χ1n) is 5.95. The number of nitrogens with one attached hydrogen (secondary N) is 1. The van der Waals surface area contributed by atoms with E-state index < -0.39 is 0 Å². The summed E-state index contributed by atoms with van der Waals surface area (Å²) in [7, 11) is 0. The third-order valence-corrected chi connectivity index (χ3v) is 3.83. The average molecular weight is 396 g/mol. The van der Waals surface area contributed by atoms with E-state index in [2.05, 4.69) is 27.9 Å². The van der Waals surface area contributed by atoms with Crippen molar-refractivity contribution in [2.75, 3.05) is 5.32 Å². The third-order valence-electron chi connectivity index (χ3n) is 2.88. The lowest BCUT2D eigenvalue weighted by atomic mass is 10.1. The van der Waals surface area contributed by atoms with Crippen molar-refractivity contribution < 1.29 is 4.79 Å². The Kier molecular flexibility index (Phi) is 4.72. The largest absolute Gasteiger partial charge is 0.389 e. The molecule has 0 saturated carbocycles.